The Morgan fingerprint density at radius 1 is 1.08 bits per heavy atom. The molecule has 1 saturated heterocycles. The summed E-state index contributed by atoms with van der Waals surface area (Å²) in [4.78, 5) is 27.9. The number of hydrogen-bond acceptors (Lipinski definition) is 4. The largest absolute Gasteiger partial charge is 0.322 e. The van der Waals surface area contributed by atoms with E-state index < -0.39 is 6.17 Å². The fourth-order valence-corrected chi connectivity index (χ4v) is 5.56. The van der Waals surface area contributed by atoms with Crippen molar-refractivity contribution in [3.63, 3.8) is 0 Å². The zero-order valence-electron chi connectivity index (χ0n) is 21.8. The molecule has 1 atom stereocenters. The van der Waals surface area contributed by atoms with Gasteiger partial charge in [0.1, 0.15) is 6.17 Å². The van der Waals surface area contributed by atoms with Gasteiger partial charge in [0.25, 0.3) is 5.91 Å². The number of halogens is 1. The van der Waals surface area contributed by atoms with Crippen LogP contribution in [-0.4, -0.2) is 45.6 Å². The van der Waals surface area contributed by atoms with E-state index in [4.69, 9.17) is 0 Å². The van der Waals surface area contributed by atoms with Crippen molar-refractivity contribution in [2.75, 3.05) is 13.1 Å². The SMILES string of the molecule is O=C1CC=C(NC(=O)c2cnn(Cc3ccccc3)c2)C=C1C1=Cc2cc(CN3CCCC(F)C3)ccc2C1. The lowest BCUT2D eigenvalue weighted by molar-refractivity contribution is -0.114. The summed E-state index contributed by atoms with van der Waals surface area (Å²) in [6, 6.07) is 16.3. The number of Topliss-reactive ketones (excluding diaryl/α,β-unsaturated/α-hetero) is 1. The Balaban J connectivity index is 1.13. The van der Waals surface area contributed by atoms with Crippen molar-refractivity contribution >= 4 is 17.8 Å². The number of likely N-dealkylation sites (tertiary alicyclic amines) is 1. The average Bonchev–Trinajstić information content (AvgIpc) is 3.57. The molecule has 1 aliphatic heterocycles. The second kappa shape index (κ2) is 10.9. The number of allylic oxidation sites excluding steroid dienone is 4. The monoisotopic (exact) mass is 522 g/mol. The Morgan fingerprint density at radius 2 is 1.95 bits per heavy atom. The molecular formula is C32H31FN4O2. The van der Waals surface area contributed by atoms with Crippen molar-refractivity contribution in [3.05, 3.63) is 118 Å². The molecule has 198 valence electrons. The van der Waals surface area contributed by atoms with Crippen LogP contribution in [0.3, 0.4) is 0 Å². The second-order valence-corrected chi connectivity index (χ2v) is 10.6. The van der Waals surface area contributed by atoms with Crippen LogP contribution in [-0.2, 0) is 24.3 Å². The molecule has 3 aliphatic rings. The number of rotatable bonds is 7. The highest BCUT2D eigenvalue weighted by Crippen LogP contribution is 2.33. The zero-order chi connectivity index (χ0) is 26.8. The van der Waals surface area contributed by atoms with Crippen LogP contribution in [0.1, 0.15) is 51.9 Å². The summed E-state index contributed by atoms with van der Waals surface area (Å²) in [7, 11) is 0. The Morgan fingerprint density at radius 3 is 2.79 bits per heavy atom. The van der Waals surface area contributed by atoms with E-state index in [1.54, 1.807) is 29.2 Å². The second-order valence-electron chi connectivity index (χ2n) is 10.6. The first kappa shape index (κ1) is 25.2. The molecule has 3 aromatic rings. The average molecular weight is 523 g/mol. The highest BCUT2D eigenvalue weighted by atomic mass is 19.1. The van der Waals surface area contributed by atoms with Gasteiger partial charge in [-0.1, -0.05) is 60.7 Å². The van der Waals surface area contributed by atoms with Crippen molar-refractivity contribution in [1.82, 2.24) is 20.0 Å². The lowest BCUT2D eigenvalue weighted by atomic mass is 9.93. The molecule has 7 heteroatoms. The number of piperidine rings is 1. The van der Waals surface area contributed by atoms with Gasteiger partial charge >= 0.3 is 0 Å². The lowest BCUT2D eigenvalue weighted by Gasteiger charge is -2.28. The Hall–Kier alpha value is -4.10. The van der Waals surface area contributed by atoms with E-state index in [-0.39, 0.29) is 18.1 Å². The molecule has 1 fully saturated rings. The van der Waals surface area contributed by atoms with Gasteiger partial charge in [0.2, 0.25) is 0 Å². The highest BCUT2D eigenvalue weighted by molar-refractivity contribution is 6.04. The minimum atomic E-state index is -0.739. The maximum atomic E-state index is 13.8. The standard InChI is InChI=1S/C32H31FN4O2/c33-28-7-4-12-36(21-28)18-23-8-9-24-14-26(15-25(24)13-23)30-16-29(10-11-31(30)38)35-32(39)27-17-34-37(20-27)19-22-5-2-1-3-6-22/h1-3,5-6,8-10,13,15-17,20,28H,4,7,11-12,14,18-19,21H2,(H,35,39). The Kier molecular flexibility index (Phi) is 7.07. The van der Waals surface area contributed by atoms with Gasteiger partial charge in [-0.2, -0.15) is 5.10 Å². The molecule has 1 aromatic heterocycles. The van der Waals surface area contributed by atoms with Crippen LogP contribution in [0.4, 0.5) is 4.39 Å². The summed E-state index contributed by atoms with van der Waals surface area (Å²) in [5.41, 5.74) is 7.23. The van der Waals surface area contributed by atoms with E-state index in [0.29, 0.717) is 42.8 Å². The molecule has 1 N–H and O–H groups in total. The van der Waals surface area contributed by atoms with E-state index in [1.807, 2.05) is 30.3 Å². The molecule has 1 amide bonds. The Labute approximate surface area is 227 Å². The quantitative estimate of drug-likeness (QED) is 0.473. The minimum absolute atomic E-state index is 0.0465. The van der Waals surface area contributed by atoms with Gasteiger partial charge in [-0.3, -0.25) is 19.2 Å². The number of carbonyl (C=O) groups excluding carboxylic acids is 2. The molecule has 6 nitrogen and oxygen atoms in total. The number of aromatic nitrogens is 2. The molecule has 6 rings (SSSR count). The number of carbonyl (C=O) groups is 2. The summed E-state index contributed by atoms with van der Waals surface area (Å²) >= 11 is 0. The normalized spacial score (nSPS) is 19.3. The molecule has 0 radical (unpaired) electrons. The van der Waals surface area contributed by atoms with Gasteiger partial charge in [-0.05, 0) is 59.7 Å². The number of nitrogens with zero attached hydrogens (tertiary/aromatic N) is 3. The minimum Gasteiger partial charge on any atom is -0.322 e. The molecule has 0 bridgehead atoms. The summed E-state index contributed by atoms with van der Waals surface area (Å²) in [5.74, 6) is -0.211. The highest BCUT2D eigenvalue weighted by Gasteiger charge is 2.24. The van der Waals surface area contributed by atoms with Gasteiger partial charge in [0.05, 0.1) is 18.3 Å². The number of benzene rings is 2. The summed E-state index contributed by atoms with van der Waals surface area (Å²) in [5, 5.41) is 7.26. The van der Waals surface area contributed by atoms with Crippen LogP contribution in [0.5, 0.6) is 0 Å². The van der Waals surface area contributed by atoms with Crippen LogP contribution >= 0.6 is 0 Å². The first-order valence-corrected chi connectivity index (χ1v) is 13.5. The first-order valence-electron chi connectivity index (χ1n) is 13.5. The number of nitrogens with one attached hydrogen (secondary N) is 1. The van der Waals surface area contributed by atoms with Crippen LogP contribution in [0.25, 0.3) is 6.08 Å². The van der Waals surface area contributed by atoms with Crippen LogP contribution in [0.15, 0.2) is 89.9 Å². The molecule has 2 aliphatic carbocycles. The van der Waals surface area contributed by atoms with E-state index >= 15 is 0 Å². The third-order valence-electron chi connectivity index (χ3n) is 7.57. The molecule has 0 spiro atoms. The van der Waals surface area contributed by atoms with Gasteiger partial charge in [-0.15, -0.1) is 0 Å². The molecular weight excluding hydrogens is 491 g/mol. The van der Waals surface area contributed by atoms with Gasteiger partial charge < -0.3 is 5.32 Å². The van der Waals surface area contributed by atoms with Gasteiger partial charge in [0, 0.05) is 37.0 Å². The van der Waals surface area contributed by atoms with Crippen molar-refractivity contribution in [1.29, 1.82) is 0 Å². The van der Waals surface area contributed by atoms with Crippen molar-refractivity contribution in [2.24, 2.45) is 0 Å². The number of amides is 1. The number of alkyl halides is 1. The molecule has 39 heavy (non-hydrogen) atoms. The fraction of sp³-hybridized carbons (Fsp3) is 0.281. The fourth-order valence-electron chi connectivity index (χ4n) is 5.56. The predicted molar refractivity (Wildman–Crippen MR) is 149 cm³/mol. The number of fused-ring (bicyclic) bond motifs is 1. The maximum Gasteiger partial charge on any atom is 0.258 e. The van der Waals surface area contributed by atoms with Crippen molar-refractivity contribution in [3.8, 4) is 0 Å². The van der Waals surface area contributed by atoms with E-state index in [1.165, 1.54) is 5.56 Å². The van der Waals surface area contributed by atoms with E-state index in [9.17, 15) is 14.0 Å². The predicted octanol–water partition coefficient (Wildman–Crippen LogP) is 5.02. The third-order valence-corrected chi connectivity index (χ3v) is 7.57. The Bertz CT molecular complexity index is 1500. The van der Waals surface area contributed by atoms with Crippen LogP contribution in [0.2, 0.25) is 0 Å². The topological polar surface area (TPSA) is 67.2 Å². The van der Waals surface area contributed by atoms with Gasteiger partial charge in [0.15, 0.2) is 5.78 Å². The van der Waals surface area contributed by atoms with Crippen molar-refractivity contribution < 1.29 is 14.0 Å². The third kappa shape index (κ3) is 5.83. The lowest BCUT2D eigenvalue weighted by Crippen LogP contribution is -2.35. The zero-order valence-corrected chi connectivity index (χ0v) is 21.8. The molecule has 2 heterocycles. The van der Waals surface area contributed by atoms with Gasteiger partial charge in [-0.25, -0.2) is 4.39 Å². The summed E-state index contributed by atoms with van der Waals surface area (Å²) in [6.45, 7) is 2.74. The van der Waals surface area contributed by atoms with Crippen LogP contribution < -0.4 is 5.32 Å². The first-order chi connectivity index (χ1) is 19.0. The number of ketones is 1. The number of hydrogen-bond donors (Lipinski definition) is 1. The van der Waals surface area contributed by atoms with Crippen molar-refractivity contribution in [2.45, 2.75) is 44.9 Å². The molecule has 2 aromatic carbocycles. The van der Waals surface area contributed by atoms with E-state index in [2.05, 4.69) is 39.6 Å². The molecule has 1 unspecified atom stereocenters. The van der Waals surface area contributed by atoms with E-state index in [0.717, 1.165) is 41.8 Å². The summed E-state index contributed by atoms with van der Waals surface area (Å²) in [6.07, 6.45) is 10.6. The van der Waals surface area contributed by atoms with Crippen LogP contribution in [0, 0.1) is 0 Å². The summed E-state index contributed by atoms with van der Waals surface area (Å²) < 4.78 is 15.6. The maximum absolute atomic E-state index is 13.8. The smallest absolute Gasteiger partial charge is 0.258 e. The molecule has 0 saturated carbocycles.